The number of carbonyl (C=O) groups is 4. The van der Waals surface area contributed by atoms with Crippen molar-refractivity contribution >= 4 is 73.0 Å². The topological polar surface area (TPSA) is 316 Å². The van der Waals surface area contributed by atoms with Crippen LogP contribution in [0.5, 0.6) is 23.0 Å². The molecule has 4 aliphatic carbocycles. The van der Waals surface area contributed by atoms with Crippen LogP contribution in [0.4, 0.5) is 8.78 Å². The molecule has 0 radical (unpaired) electrons. The van der Waals surface area contributed by atoms with Crippen LogP contribution in [0.15, 0.2) is 141 Å². The third kappa shape index (κ3) is 26.7. The highest BCUT2D eigenvalue weighted by Gasteiger charge is 2.57. The zero-order valence-corrected chi connectivity index (χ0v) is 64.5. The summed E-state index contributed by atoms with van der Waals surface area (Å²) in [6, 6.07) is 30.1. The fourth-order valence-corrected chi connectivity index (χ4v) is 11.7. The lowest BCUT2D eigenvalue weighted by Crippen LogP contribution is -2.43. The fourth-order valence-electron chi connectivity index (χ4n) is 9.91. The van der Waals surface area contributed by atoms with Gasteiger partial charge in [0.25, 0.3) is 26.0 Å². The summed E-state index contributed by atoms with van der Waals surface area (Å²) >= 11 is 3.34. The molecule has 2 aromatic heterocycles. The number of sulfonamides is 2. The molecule has 0 spiro atoms. The van der Waals surface area contributed by atoms with Crippen LogP contribution in [0.3, 0.4) is 0 Å². The van der Waals surface area contributed by atoms with Gasteiger partial charge in [0.15, 0.2) is 15.7 Å². The van der Waals surface area contributed by atoms with Gasteiger partial charge in [0, 0.05) is 56.9 Å². The van der Waals surface area contributed by atoms with Crippen molar-refractivity contribution in [2.75, 3.05) is 0 Å². The molecule has 4 saturated carbocycles. The second-order valence-electron chi connectivity index (χ2n) is 28.9. The molecule has 6 N–H and O–H groups in total. The Labute approximate surface area is 634 Å². The van der Waals surface area contributed by atoms with Crippen LogP contribution in [-0.2, 0) is 61.4 Å². The van der Waals surface area contributed by atoms with Crippen LogP contribution in [0.2, 0.25) is 0 Å². The third-order valence-electron chi connectivity index (χ3n) is 16.9. The third-order valence-corrected chi connectivity index (χ3v) is 19.6. The van der Waals surface area contributed by atoms with Gasteiger partial charge >= 0.3 is 25.0 Å². The first-order valence-corrected chi connectivity index (χ1v) is 37.6. The smallest absolute Gasteiger partial charge is 0.478 e. The average Bonchev–Trinajstić information content (AvgIpc) is 1.84. The number of benzene rings is 4. The van der Waals surface area contributed by atoms with Gasteiger partial charge in [-0.05, 0) is 212 Å². The van der Waals surface area contributed by atoms with E-state index in [1.54, 1.807) is 0 Å². The minimum atomic E-state index is -4.29. The molecule has 4 aromatic carbocycles. The van der Waals surface area contributed by atoms with E-state index in [0.29, 0.717) is 80.5 Å². The van der Waals surface area contributed by atoms with Crippen molar-refractivity contribution in [2.45, 2.75) is 241 Å². The molecular formula is C79H108BBrF2N4O17S2. The number of primary sulfonamides is 1. The zero-order chi connectivity index (χ0) is 77.0. The van der Waals surface area contributed by atoms with Gasteiger partial charge in [0.1, 0.15) is 23.0 Å². The molecule has 11 rings (SSSR count). The van der Waals surface area contributed by atoms with Gasteiger partial charge in [-0.1, -0.05) is 128 Å². The van der Waals surface area contributed by atoms with Crippen molar-refractivity contribution < 1.29 is 88.4 Å². The summed E-state index contributed by atoms with van der Waals surface area (Å²) < 4.78 is 109. The Balaban J connectivity index is 0.000000337. The first kappa shape index (κ1) is 92.1. The molecule has 5 aliphatic rings. The van der Waals surface area contributed by atoms with Gasteiger partial charge in [-0.2, -0.15) is 17.2 Å². The molecule has 1 saturated heterocycles. The van der Waals surface area contributed by atoms with Crippen molar-refractivity contribution in [3.8, 4) is 23.0 Å². The van der Waals surface area contributed by atoms with E-state index in [1.165, 1.54) is 17.7 Å². The maximum atomic E-state index is 13.2. The van der Waals surface area contributed by atoms with E-state index in [0.717, 1.165) is 91.8 Å². The number of nitrogens with zero attached hydrogens (tertiary/aromatic N) is 2. The molecule has 27 heteroatoms. The standard InChI is InChI=1S/C20H23FN2O4S.C15H20O3.C15H18O3.C11H11BrO3.C10H19BO2.C5H5FN2O2S.3CH4/c1-13(2)11-15-8-7-14(3)12-16(15)27-20(9-10-20)19(24)23-28(25,26)18-6-4-5-17(21)22-18;2*1-10(2)8-12-5-4-11(3)9-13(12)18-15(6-7-15)14(16)17;1-7-2-3-8(12)9(6-7)15-11(4-5-11)10(13)14;1-8(2)7-11-12-9(3,4)10(5,6)13-11;6-4-2-1-3-5(8-4)11(7,9)10;;;/h4-8,12-13H,9-11H2,1-3H3,(H,23,24);4-5,9-10H,6-8H2,1-3H3,(H,16,17);4-5,8-9H,6-7H2,1-3H3,(H,16,17);2-3,6H,4-5H2,1H3,(H,13,14);7H,1-6H3;1-3H,(H2,7,9,10);3*1H4. The lowest BCUT2D eigenvalue weighted by molar-refractivity contribution is -0.148. The molecule has 0 atom stereocenters. The minimum absolute atomic E-state index is 0. The first-order valence-electron chi connectivity index (χ1n) is 33.8. The Morgan fingerprint density at radius 3 is 1.25 bits per heavy atom. The summed E-state index contributed by atoms with van der Waals surface area (Å²) in [7, 11) is -8.35. The molecular weight excluding hydrogens is 1470 g/mol. The highest BCUT2D eigenvalue weighted by Crippen LogP contribution is 2.46. The minimum Gasteiger partial charge on any atom is -0.478 e. The number of hydrogen-bond donors (Lipinski definition) is 5. The molecule has 582 valence electrons. The van der Waals surface area contributed by atoms with Crippen LogP contribution < -0.4 is 28.8 Å². The number of hydrogen-bond acceptors (Lipinski definition) is 16. The van der Waals surface area contributed by atoms with E-state index in [4.69, 9.17) is 38.5 Å². The van der Waals surface area contributed by atoms with Gasteiger partial charge in [-0.3, -0.25) is 4.79 Å². The first-order chi connectivity index (χ1) is 47.7. The molecule has 1 aliphatic heterocycles. The van der Waals surface area contributed by atoms with Crippen molar-refractivity contribution in [1.29, 1.82) is 0 Å². The molecule has 6 aromatic rings. The average molecular weight is 1580 g/mol. The number of aliphatic carboxylic acids is 3. The number of aromatic nitrogens is 2. The predicted molar refractivity (Wildman–Crippen MR) is 413 cm³/mol. The van der Waals surface area contributed by atoms with Crippen molar-refractivity contribution in [3.05, 3.63) is 182 Å². The normalized spacial score (nSPS) is 16.2. The van der Waals surface area contributed by atoms with Gasteiger partial charge in [-0.15, -0.1) is 0 Å². The Morgan fingerprint density at radius 1 is 0.547 bits per heavy atom. The van der Waals surface area contributed by atoms with Crippen molar-refractivity contribution in [1.82, 2.24) is 14.7 Å². The van der Waals surface area contributed by atoms with E-state index in [9.17, 15) is 49.9 Å². The monoisotopic (exact) mass is 1580 g/mol. The Bertz CT molecular complexity index is 4340. The summed E-state index contributed by atoms with van der Waals surface area (Å²) in [4.78, 5) is 52.4. The zero-order valence-electron chi connectivity index (χ0n) is 61.3. The molecule has 5 fully saturated rings. The summed E-state index contributed by atoms with van der Waals surface area (Å²) in [6.07, 6.45) is 8.06. The van der Waals surface area contributed by atoms with Crippen LogP contribution >= 0.6 is 15.9 Å². The second kappa shape index (κ2) is 37.6. The van der Waals surface area contributed by atoms with E-state index in [2.05, 4.69) is 86.4 Å². The fraction of sp³-hybridized carbons (Fsp3) is 0.468. The number of nitrogens with one attached hydrogen (secondary N) is 1. The maximum Gasteiger partial charge on any atom is 0.487 e. The van der Waals surface area contributed by atoms with E-state index in [-0.39, 0.29) is 40.6 Å². The molecule has 1 amide bonds. The highest BCUT2D eigenvalue weighted by atomic mass is 79.9. The number of carbonyl (C=O) groups excluding carboxylic acids is 1. The second-order valence-corrected chi connectivity index (χ2v) is 32.9. The lowest BCUT2D eigenvalue weighted by atomic mass is 9.88. The van der Waals surface area contributed by atoms with Crippen LogP contribution in [0, 0.1) is 51.4 Å². The molecule has 21 nitrogen and oxygen atoms in total. The van der Waals surface area contributed by atoms with Gasteiger partial charge in [0.05, 0.1) is 15.7 Å². The molecule has 0 unspecified atom stereocenters. The van der Waals surface area contributed by atoms with Gasteiger partial charge < -0.3 is 43.6 Å². The SMILES string of the molecule is C.C.C.CC(C)=CB1OC(C)(C)C(C)(C)O1.CC(C)=Cc1ccc(C)cc1OC1(C(=O)O)CC1.Cc1ccc(Br)c(OC2(C(=O)O)CC2)c1.Cc1ccc(CC(C)C)c(OC2(C(=O)NS(=O)(=O)c3cccc(F)n3)CC2)c1.Cc1ccc(CC(C)C)c(OC2(C(=O)O)CC2)c1.NS(=O)(=O)c1cccc(F)n1. The maximum absolute atomic E-state index is 13.2. The van der Waals surface area contributed by atoms with E-state index < -0.39 is 88.2 Å². The number of pyridine rings is 2. The van der Waals surface area contributed by atoms with Crippen molar-refractivity contribution in [2.24, 2.45) is 17.0 Å². The number of ether oxygens (including phenoxy) is 4. The Morgan fingerprint density at radius 2 is 0.896 bits per heavy atom. The summed E-state index contributed by atoms with van der Waals surface area (Å²) in [5, 5.41) is 31.0. The van der Waals surface area contributed by atoms with Crippen molar-refractivity contribution in [3.63, 3.8) is 0 Å². The largest absolute Gasteiger partial charge is 0.487 e. The number of nitrogens with two attached hydrogens (primary N) is 1. The number of aryl methyl sites for hydroxylation is 4. The van der Waals surface area contributed by atoms with Gasteiger partial charge in [0.2, 0.25) is 28.7 Å². The molecule has 0 bridgehead atoms. The summed E-state index contributed by atoms with van der Waals surface area (Å²) in [5.41, 5.74) is 4.98. The van der Waals surface area contributed by atoms with E-state index in [1.807, 2.05) is 145 Å². The number of amides is 1. The Hall–Kier alpha value is -8.08. The number of carboxylic acid groups (broad SMARTS) is 3. The summed E-state index contributed by atoms with van der Waals surface area (Å²) in [5.74, 6) is 0.359. The number of carboxylic acids is 3. The van der Waals surface area contributed by atoms with Crippen LogP contribution in [0.1, 0.15) is 196 Å². The number of halogens is 3. The Kier molecular flexibility index (Phi) is 32.7. The van der Waals surface area contributed by atoms with Crippen LogP contribution in [-0.4, -0.2) is 107 Å². The predicted octanol–water partition coefficient (Wildman–Crippen LogP) is 16.9. The molecule has 106 heavy (non-hydrogen) atoms. The number of allylic oxidation sites excluding steroid dienone is 2. The van der Waals surface area contributed by atoms with Gasteiger partial charge in [-0.25, -0.2) is 42.6 Å². The number of rotatable bonds is 21. The summed E-state index contributed by atoms with van der Waals surface area (Å²) in [6.45, 7) is 32.6. The quantitative estimate of drug-likeness (QED) is 0.0330. The van der Waals surface area contributed by atoms with Crippen LogP contribution in [0.25, 0.3) is 6.08 Å². The molecule has 3 heterocycles. The lowest BCUT2D eigenvalue weighted by Gasteiger charge is -2.32. The van der Waals surface area contributed by atoms with E-state index >= 15 is 0 Å². The highest BCUT2D eigenvalue weighted by molar-refractivity contribution is 9.10.